The van der Waals surface area contributed by atoms with Crippen molar-refractivity contribution in [2.24, 2.45) is 5.41 Å². The summed E-state index contributed by atoms with van der Waals surface area (Å²) in [5, 5.41) is 0.611. The predicted octanol–water partition coefficient (Wildman–Crippen LogP) is 3.81. The van der Waals surface area contributed by atoms with Crippen LogP contribution in [-0.4, -0.2) is 15.1 Å². The summed E-state index contributed by atoms with van der Waals surface area (Å²) in [5.74, 6) is -0.515. The highest BCUT2D eigenvalue weighted by Gasteiger charge is 2.44. The van der Waals surface area contributed by atoms with Gasteiger partial charge in [-0.25, -0.2) is 13.8 Å². The first-order valence-electron chi connectivity index (χ1n) is 9.99. The average molecular weight is 404 g/mol. The Balaban J connectivity index is 1.92. The Hall–Kier alpha value is -3.28. The Morgan fingerprint density at radius 1 is 0.967 bits per heavy atom. The summed E-state index contributed by atoms with van der Waals surface area (Å²) in [6.45, 7) is 5.61. The lowest BCUT2D eigenvalue weighted by molar-refractivity contribution is -0.118. The summed E-state index contributed by atoms with van der Waals surface area (Å²) in [4.78, 5) is 40.1. The molecule has 0 saturated heterocycles. The average Bonchev–Trinajstić information content (AvgIpc) is 3.03. The molecule has 2 heterocycles. The fourth-order valence-corrected chi connectivity index (χ4v) is 4.78. The van der Waals surface area contributed by atoms with Crippen molar-refractivity contribution in [2.45, 2.75) is 39.7 Å². The summed E-state index contributed by atoms with van der Waals surface area (Å²) >= 11 is 0. The smallest absolute Gasteiger partial charge is 0.277 e. The Labute approximate surface area is 172 Å². The first-order valence-corrected chi connectivity index (χ1v) is 9.99. The van der Waals surface area contributed by atoms with Gasteiger partial charge in [0.05, 0.1) is 16.5 Å². The van der Waals surface area contributed by atoms with Gasteiger partial charge in [0.25, 0.3) is 11.1 Å². The number of carbonyl (C=O) groups is 1. The van der Waals surface area contributed by atoms with Gasteiger partial charge in [-0.3, -0.25) is 14.4 Å². The van der Waals surface area contributed by atoms with Crippen LogP contribution in [0.3, 0.4) is 0 Å². The highest BCUT2D eigenvalue weighted by molar-refractivity contribution is 6.04. The fourth-order valence-electron chi connectivity index (χ4n) is 4.78. The van der Waals surface area contributed by atoms with Crippen molar-refractivity contribution < 1.29 is 9.18 Å². The summed E-state index contributed by atoms with van der Waals surface area (Å²) in [6, 6.07) is 10.6. The van der Waals surface area contributed by atoms with Gasteiger partial charge in [0.1, 0.15) is 11.9 Å². The van der Waals surface area contributed by atoms with Gasteiger partial charge >= 0.3 is 0 Å². The minimum atomic E-state index is -0.816. The largest absolute Gasteiger partial charge is 0.294 e. The van der Waals surface area contributed by atoms with Gasteiger partial charge in [0.2, 0.25) is 0 Å². The first-order chi connectivity index (χ1) is 14.2. The van der Waals surface area contributed by atoms with Crippen molar-refractivity contribution >= 4 is 22.3 Å². The van der Waals surface area contributed by atoms with Crippen LogP contribution in [0.2, 0.25) is 0 Å². The molecule has 1 aromatic heterocycles. The van der Waals surface area contributed by atoms with Crippen molar-refractivity contribution in [1.29, 1.82) is 0 Å². The number of rotatable bonds is 1. The second-order valence-electron chi connectivity index (χ2n) is 9.02. The van der Waals surface area contributed by atoms with Crippen LogP contribution in [0, 0.1) is 18.2 Å². The molecule has 1 aliphatic carbocycles. The predicted molar refractivity (Wildman–Crippen MR) is 113 cm³/mol. The van der Waals surface area contributed by atoms with Crippen LogP contribution >= 0.6 is 0 Å². The zero-order valence-corrected chi connectivity index (χ0v) is 17.0. The van der Waals surface area contributed by atoms with E-state index in [0.717, 1.165) is 0 Å². The van der Waals surface area contributed by atoms with E-state index in [0.29, 0.717) is 46.0 Å². The Morgan fingerprint density at radius 2 is 1.63 bits per heavy atom. The number of halogens is 1. The van der Waals surface area contributed by atoms with Gasteiger partial charge in [-0.15, -0.1) is 0 Å². The molecule has 1 atom stereocenters. The molecule has 1 unspecified atom stereocenters. The molecule has 0 spiro atoms. The first kappa shape index (κ1) is 18.7. The summed E-state index contributed by atoms with van der Waals surface area (Å²) < 4.78 is 17.1. The zero-order chi connectivity index (χ0) is 21.4. The van der Waals surface area contributed by atoms with Gasteiger partial charge in [-0.05, 0) is 48.1 Å². The van der Waals surface area contributed by atoms with E-state index in [2.05, 4.69) is 0 Å². The number of fused-ring (bicyclic) bond motifs is 3. The second-order valence-corrected chi connectivity index (χ2v) is 9.02. The SMILES string of the molecule is Cc1ccc(C2C3=C(CC(C)(C)CC3=O)n3c(=O)c4ccccc4c(=O)n32)cc1F. The third-order valence-electron chi connectivity index (χ3n) is 6.19. The van der Waals surface area contributed by atoms with E-state index in [-0.39, 0.29) is 22.3 Å². The molecule has 30 heavy (non-hydrogen) atoms. The summed E-state index contributed by atoms with van der Waals surface area (Å²) in [6.07, 6.45) is 0.796. The lowest BCUT2D eigenvalue weighted by Gasteiger charge is -2.30. The Morgan fingerprint density at radius 3 is 2.30 bits per heavy atom. The molecule has 0 amide bonds. The van der Waals surface area contributed by atoms with E-state index in [4.69, 9.17) is 0 Å². The van der Waals surface area contributed by atoms with E-state index in [1.54, 1.807) is 43.3 Å². The molecule has 5 rings (SSSR count). The number of aryl methyl sites for hydroxylation is 1. The number of allylic oxidation sites excluding steroid dienone is 2. The van der Waals surface area contributed by atoms with Crippen LogP contribution in [0.15, 0.2) is 57.6 Å². The number of benzene rings is 2. The minimum absolute atomic E-state index is 0.105. The van der Waals surface area contributed by atoms with Crippen LogP contribution in [0.1, 0.15) is 43.9 Å². The number of nitrogens with zero attached hydrogens (tertiary/aromatic N) is 2. The monoisotopic (exact) mass is 404 g/mol. The summed E-state index contributed by atoms with van der Waals surface area (Å²) in [7, 11) is 0. The van der Waals surface area contributed by atoms with E-state index in [9.17, 15) is 18.8 Å². The number of aromatic nitrogens is 2. The molecular weight excluding hydrogens is 383 g/mol. The lowest BCUT2D eigenvalue weighted by atomic mass is 9.74. The molecule has 0 N–H and O–H groups in total. The van der Waals surface area contributed by atoms with Crippen LogP contribution in [0.4, 0.5) is 4.39 Å². The van der Waals surface area contributed by atoms with Gasteiger partial charge in [0, 0.05) is 12.0 Å². The molecule has 0 bridgehead atoms. The van der Waals surface area contributed by atoms with E-state index < -0.39 is 11.9 Å². The maximum atomic E-state index is 14.4. The normalized spacial score (nSPS) is 19.9. The van der Waals surface area contributed by atoms with Crippen LogP contribution < -0.4 is 11.1 Å². The molecular formula is C24H21FN2O3. The highest BCUT2D eigenvalue weighted by Crippen LogP contribution is 2.46. The van der Waals surface area contributed by atoms with Gasteiger partial charge < -0.3 is 0 Å². The molecule has 0 saturated carbocycles. The van der Waals surface area contributed by atoms with E-state index in [1.165, 1.54) is 15.4 Å². The Bertz CT molecular complexity index is 1410. The number of hydrogen-bond acceptors (Lipinski definition) is 3. The van der Waals surface area contributed by atoms with Gasteiger partial charge in [-0.2, -0.15) is 0 Å². The van der Waals surface area contributed by atoms with Crippen molar-refractivity contribution in [1.82, 2.24) is 9.36 Å². The molecule has 2 aromatic carbocycles. The van der Waals surface area contributed by atoms with Gasteiger partial charge in [0.15, 0.2) is 5.78 Å². The quantitative estimate of drug-likeness (QED) is 0.620. The topological polar surface area (TPSA) is 61.1 Å². The number of hydrogen-bond donors (Lipinski definition) is 0. The van der Waals surface area contributed by atoms with Crippen molar-refractivity contribution in [2.75, 3.05) is 0 Å². The molecule has 0 radical (unpaired) electrons. The maximum Gasteiger partial charge on any atom is 0.277 e. The molecule has 0 fully saturated rings. The summed E-state index contributed by atoms with van der Waals surface area (Å²) in [5.41, 5.74) is 0.901. The van der Waals surface area contributed by atoms with Crippen LogP contribution in [0.25, 0.3) is 16.5 Å². The van der Waals surface area contributed by atoms with Crippen molar-refractivity contribution in [3.05, 3.63) is 85.7 Å². The fraction of sp³-hybridized carbons (Fsp3) is 0.292. The maximum absolute atomic E-state index is 14.4. The molecule has 2 aliphatic rings. The molecule has 6 heteroatoms. The van der Waals surface area contributed by atoms with Crippen LogP contribution in [-0.2, 0) is 4.79 Å². The van der Waals surface area contributed by atoms with Crippen molar-refractivity contribution in [3.8, 4) is 0 Å². The highest BCUT2D eigenvalue weighted by atomic mass is 19.1. The molecule has 3 aromatic rings. The van der Waals surface area contributed by atoms with Crippen LogP contribution in [0.5, 0.6) is 0 Å². The molecule has 1 aliphatic heterocycles. The number of Topliss-reactive ketones (excluding diaryl/α,β-unsaturated/α-hetero) is 1. The van der Waals surface area contributed by atoms with Gasteiger partial charge in [-0.1, -0.05) is 38.1 Å². The lowest BCUT2D eigenvalue weighted by Crippen LogP contribution is -2.37. The van der Waals surface area contributed by atoms with E-state index >= 15 is 0 Å². The molecule has 152 valence electrons. The van der Waals surface area contributed by atoms with E-state index in [1.807, 2.05) is 13.8 Å². The standard InChI is InChI=1S/C24H21FN2O3/c1-13-8-9-14(10-17(13)25)21-20-18(11-24(2,3)12-19(20)28)26-22(29)15-6-4-5-7-16(15)23(30)27(21)26/h4-10,21H,11-12H2,1-3H3. The minimum Gasteiger partial charge on any atom is -0.294 e. The van der Waals surface area contributed by atoms with Crippen molar-refractivity contribution in [3.63, 3.8) is 0 Å². The third kappa shape index (κ3) is 2.49. The molecule has 5 nitrogen and oxygen atoms in total. The third-order valence-corrected chi connectivity index (χ3v) is 6.19. The second kappa shape index (κ2) is 6.11. The number of carbonyl (C=O) groups excluding carboxylic acids is 1. The number of ketones is 1. The Kier molecular flexibility index (Phi) is 3.81. The zero-order valence-electron chi connectivity index (χ0n) is 17.0.